The van der Waals surface area contributed by atoms with Crippen molar-refractivity contribution in [2.45, 2.75) is 62.9 Å². The smallest absolute Gasteiger partial charge is 0.328 e. The summed E-state index contributed by atoms with van der Waals surface area (Å²) < 4.78 is 0. The maximum absolute atomic E-state index is 12.9. The number of rotatable bonds is 15. The first-order valence-corrected chi connectivity index (χ1v) is 10.9. The fourth-order valence-corrected chi connectivity index (χ4v) is 3.09. The predicted molar refractivity (Wildman–Crippen MR) is 124 cm³/mol. The van der Waals surface area contributed by atoms with Crippen LogP contribution in [0.4, 0.5) is 0 Å². The molecule has 0 radical (unpaired) electrons. The molecule has 14 heteroatoms. The number of nitrogens with two attached hydrogens (primary N) is 2. The third-order valence-corrected chi connectivity index (χ3v) is 5.01. The Labute approximate surface area is 206 Å². The third kappa shape index (κ3) is 10.5. The molecule has 0 aliphatic carbocycles. The number of primary amides is 1. The minimum atomic E-state index is -1.77. The molecular weight excluding hydrogens is 478 g/mol. The van der Waals surface area contributed by atoms with Gasteiger partial charge in [0.25, 0.3) is 0 Å². The highest BCUT2D eigenvalue weighted by Crippen LogP contribution is 2.05. The molecule has 0 aliphatic heterocycles. The molecule has 5 unspecified atom stereocenters. The van der Waals surface area contributed by atoms with Gasteiger partial charge in [-0.2, -0.15) is 0 Å². The van der Waals surface area contributed by atoms with Crippen molar-refractivity contribution in [2.75, 3.05) is 0 Å². The van der Waals surface area contributed by atoms with Crippen LogP contribution < -0.4 is 27.4 Å². The van der Waals surface area contributed by atoms with Gasteiger partial charge in [0, 0.05) is 6.42 Å². The molecule has 0 spiro atoms. The average molecular weight is 510 g/mol. The maximum Gasteiger partial charge on any atom is 0.328 e. The van der Waals surface area contributed by atoms with E-state index in [0.29, 0.717) is 0 Å². The first-order valence-electron chi connectivity index (χ1n) is 10.9. The predicted octanol–water partition coefficient (Wildman–Crippen LogP) is -2.78. The summed E-state index contributed by atoms with van der Waals surface area (Å²) in [6, 6.07) is 2.76. The van der Waals surface area contributed by atoms with Gasteiger partial charge in [-0.15, -0.1) is 0 Å². The van der Waals surface area contributed by atoms with Gasteiger partial charge < -0.3 is 42.7 Å². The first-order chi connectivity index (χ1) is 16.8. The van der Waals surface area contributed by atoms with E-state index in [1.165, 1.54) is 0 Å². The topological polar surface area (TPSA) is 251 Å². The lowest BCUT2D eigenvalue weighted by atomic mass is 10.0. The molecule has 0 bridgehead atoms. The maximum atomic E-state index is 12.9. The minimum absolute atomic E-state index is 0.136. The van der Waals surface area contributed by atoms with Gasteiger partial charge in [-0.1, -0.05) is 30.3 Å². The molecule has 0 fully saturated rings. The number of aliphatic hydroxyl groups is 1. The van der Waals surface area contributed by atoms with E-state index in [2.05, 4.69) is 10.6 Å². The van der Waals surface area contributed by atoms with Crippen molar-refractivity contribution >= 4 is 35.6 Å². The van der Waals surface area contributed by atoms with Gasteiger partial charge in [0.15, 0.2) is 6.04 Å². The number of hydrogen-bond donors (Lipinski definition) is 8. The molecule has 198 valence electrons. The van der Waals surface area contributed by atoms with E-state index >= 15 is 0 Å². The summed E-state index contributed by atoms with van der Waals surface area (Å²) in [5.74, 6) is -6.83. The Morgan fingerprint density at radius 3 is 1.94 bits per heavy atom. The molecule has 0 aliphatic rings. The SMILES string of the molecule is CC(O)C(NC(=O)C(CC(=O)O)NC(=O)C(CCC(N)=O)NC(=O)C(N)Cc1ccccc1)C(=O)O. The molecule has 4 amide bonds. The van der Waals surface area contributed by atoms with E-state index in [-0.39, 0.29) is 19.3 Å². The fourth-order valence-electron chi connectivity index (χ4n) is 3.09. The largest absolute Gasteiger partial charge is 0.481 e. The Kier molecular flexibility index (Phi) is 12.0. The highest BCUT2D eigenvalue weighted by Gasteiger charge is 2.33. The molecule has 10 N–H and O–H groups in total. The van der Waals surface area contributed by atoms with E-state index in [1.807, 2.05) is 5.32 Å². The number of carboxylic acid groups (broad SMARTS) is 2. The van der Waals surface area contributed by atoms with Crippen molar-refractivity contribution in [3.8, 4) is 0 Å². The van der Waals surface area contributed by atoms with Crippen molar-refractivity contribution in [2.24, 2.45) is 11.5 Å². The number of carbonyl (C=O) groups is 6. The lowest BCUT2D eigenvalue weighted by Crippen LogP contribution is -2.58. The van der Waals surface area contributed by atoms with E-state index in [0.717, 1.165) is 12.5 Å². The number of carboxylic acids is 2. The zero-order valence-corrected chi connectivity index (χ0v) is 19.5. The van der Waals surface area contributed by atoms with Crippen LogP contribution in [0, 0.1) is 0 Å². The lowest BCUT2D eigenvalue weighted by Gasteiger charge is -2.25. The van der Waals surface area contributed by atoms with Crippen LogP contribution in [0.15, 0.2) is 30.3 Å². The summed E-state index contributed by atoms with van der Waals surface area (Å²) in [6.07, 6.45) is -2.94. The molecule has 1 aromatic carbocycles. The van der Waals surface area contributed by atoms with Gasteiger partial charge in [-0.05, 0) is 25.3 Å². The number of hydrogen-bond acceptors (Lipinski definition) is 8. The highest BCUT2D eigenvalue weighted by molar-refractivity contribution is 5.96. The monoisotopic (exact) mass is 509 g/mol. The second-order valence-corrected chi connectivity index (χ2v) is 8.09. The molecule has 1 rings (SSSR count). The van der Waals surface area contributed by atoms with Gasteiger partial charge in [-0.3, -0.25) is 24.0 Å². The first kappa shape index (κ1) is 30.0. The van der Waals surface area contributed by atoms with Crippen LogP contribution in [0.2, 0.25) is 0 Å². The van der Waals surface area contributed by atoms with E-state index in [1.54, 1.807) is 30.3 Å². The van der Waals surface area contributed by atoms with Crippen LogP contribution in [0.25, 0.3) is 0 Å². The molecule has 0 heterocycles. The van der Waals surface area contributed by atoms with Crippen LogP contribution in [-0.4, -0.2) is 81.2 Å². The van der Waals surface area contributed by atoms with Crippen LogP contribution >= 0.6 is 0 Å². The Bertz CT molecular complexity index is 954. The van der Waals surface area contributed by atoms with Crippen molar-refractivity contribution in [3.05, 3.63) is 35.9 Å². The van der Waals surface area contributed by atoms with Gasteiger partial charge in [0.1, 0.15) is 12.1 Å². The summed E-state index contributed by atoms with van der Waals surface area (Å²) in [7, 11) is 0. The number of aliphatic carboxylic acids is 2. The zero-order valence-electron chi connectivity index (χ0n) is 19.5. The Hall–Kier alpha value is -4.04. The van der Waals surface area contributed by atoms with E-state index in [9.17, 15) is 33.9 Å². The molecule has 0 saturated heterocycles. The molecule has 14 nitrogen and oxygen atoms in total. The summed E-state index contributed by atoms with van der Waals surface area (Å²) in [4.78, 5) is 71.7. The van der Waals surface area contributed by atoms with Gasteiger partial charge in [-0.25, -0.2) is 4.79 Å². The van der Waals surface area contributed by atoms with Gasteiger partial charge in [0.05, 0.1) is 18.6 Å². The number of nitrogens with one attached hydrogen (secondary N) is 3. The van der Waals surface area contributed by atoms with Crippen LogP contribution in [0.3, 0.4) is 0 Å². The van der Waals surface area contributed by atoms with Gasteiger partial charge in [0.2, 0.25) is 23.6 Å². The van der Waals surface area contributed by atoms with Gasteiger partial charge >= 0.3 is 11.9 Å². The Balaban J connectivity index is 3.00. The zero-order chi connectivity index (χ0) is 27.4. The summed E-state index contributed by atoms with van der Waals surface area (Å²) in [6.45, 7) is 1.10. The lowest BCUT2D eigenvalue weighted by molar-refractivity contribution is -0.146. The summed E-state index contributed by atoms with van der Waals surface area (Å²) in [5.41, 5.74) is 11.8. The Morgan fingerprint density at radius 2 is 1.44 bits per heavy atom. The van der Waals surface area contributed by atoms with Crippen molar-refractivity contribution in [1.82, 2.24) is 16.0 Å². The molecule has 5 atom stereocenters. The fraction of sp³-hybridized carbons (Fsp3) is 0.455. The second-order valence-electron chi connectivity index (χ2n) is 8.09. The number of aliphatic hydroxyl groups excluding tert-OH is 1. The molecule has 0 aromatic heterocycles. The van der Waals surface area contributed by atoms with Crippen LogP contribution in [-0.2, 0) is 35.2 Å². The average Bonchev–Trinajstić information content (AvgIpc) is 2.78. The minimum Gasteiger partial charge on any atom is -0.481 e. The molecule has 1 aromatic rings. The summed E-state index contributed by atoms with van der Waals surface area (Å²) >= 11 is 0. The summed E-state index contributed by atoms with van der Waals surface area (Å²) in [5, 5.41) is 34.3. The quantitative estimate of drug-likeness (QED) is 0.121. The number of amides is 4. The van der Waals surface area contributed by atoms with Crippen LogP contribution in [0.1, 0.15) is 31.7 Å². The van der Waals surface area contributed by atoms with Crippen molar-refractivity contribution in [3.63, 3.8) is 0 Å². The molecular formula is C22H31N5O9. The number of benzene rings is 1. The van der Waals surface area contributed by atoms with E-state index in [4.69, 9.17) is 21.7 Å². The molecule has 0 saturated carbocycles. The molecule has 36 heavy (non-hydrogen) atoms. The highest BCUT2D eigenvalue weighted by atomic mass is 16.4. The standard InChI is InChI=1S/C22H31N5O9/c1-11(28)18(22(35)36)27-21(34)15(10-17(30)31)26-20(33)14(7-8-16(24)29)25-19(32)13(23)9-12-5-3-2-4-6-12/h2-6,11,13-15,18,28H,7-10,23H2,1H3,(H2,24,29)(H,25,32)(H,26,33)(H,27,34)(H,30,31)(H,35,36). The number of carbonyl (C=O) groups excluding carboxylic acids is 4. The van der Waals surface area contributed by atoms with E-state index < -0.39 is 72.3 Å². The third-order valence-electron chi connectivity index (χ3n) is 5.01. The Morgan fingerprint density at radius 1 is 0.889 bits per heavy atom. The van der Waals surface area contributed by atoms with Crippen molar-refractivity contribution < 1.29 is 44.1 Å². The van der Waals surface area contributed by atoms with Crippen LogP contribution in [0.5, 0.6) is 0 Å². The normalized spacial score (nSPS) is 14.9. The second kappa shape index (κ2) is 14.4. The van der Waals surface area contributed by atoms with Crippen molar-refractivity contribution in [1.29, 1.82) is 0 Å².